The Bertz CT molecular complexity index is 656. The second-order valence-electron chi connectivity index (χ2n) is 4.20. The monoisotopic (exact) mass is 374 g/mol. The lowest BCUT2D eigenvalue weighted by Crippen LogP contribution is -2.11. The molecule has 0 bridgehead atoms. The van der Waals surface area contributed by atoms with Crippen molar-refractivity contribution < 1.29 is 9.13 Å². The Morgan fingerprint density at radius 1 is 1.38 bits per heavy atom. The van der Waals surface area contributed by atoms with E-state index in [1.54, 1.807) is 0 Å². The molecule has 0 aliphatic rings. The second-order valence-corrected chi connectivity index (χ2v) is 5.46. The van der Waals surface area contributed by atoms with Gasteiger partial charge in [-0.25, -0.2) is 15.2 Å². The zero-order valence-electron chi connectivity index (χ0n) is 11.2. The molecular weight excluding hydrogens is 363 g/mol. The third-order valence-electron chi connectivity index (χ3n) is 2.56. The number of nitrogens with zero attached hydrogens (tertiary/aromatic N) is 2. The van der Waals surface area contributed by atoms with E-state index in [9.17, 15) is 4.39 Å². The van der Waals surface area contributed by atoms with Crippen LogP contribution >= 0.6 is 27.5 Å². The zero-order chi connectivity index (χ0) is 15.4. The molecule has 1 aromatic heterocycles. The molecule has 2 aromatic rings. The highest BCUT2D eigenvalue weighted by molar-refractivity contribution is 9.10. The Hall–Kier alpha value is -1.44. The fourth-order valence-electron chi connectivity index (χ4n) is 1.63. The first-order chi connectivity index (χ1) is 10.0. The van der Waals surface area contributed by atoms with Crippen LogP contribution < -0.4 is 16.0 Å². The van der Waals surface area contributed by atoms with E-state index in [2.05, 4.69) is 31.3 Å². The lowest BCUT2D eigenvalue weighted by atomic mass is 10.3. The van der Waals surface area contributed by atoms with Gasteiger partial charge < -0.3 is 10.2 Å². The molecule has 1 heterocycles. The van der Waals surface area contributed by atoms with Crippen molar-refractivity contribution in [1.82, 2.24) is 9.97 Å². The first-order valence-corrected chi connectivity index (χ1v) is 7.37. The van der Waals surface area contributed by atoms with Gasteiger partial charge in [0, 0.05) is 18.6 Å². The van der Waals surface area contributed by atoms with Gasteiger partial charge in [-0.1, -0.05) is 18.5 Å². The van der Waals surface area contributed by atoms with Gasteiger partial charge >= 0.3 is 0 Å². The maximum Gasteiger partial charge on any atom is 0.224 e. The number of hydrogen-bond acceptors (Lipinski definition) is 5. The number of nitrogens with one attached hydrogen (secondary N) is 1. The normalized spacial score (nSPS) is 10.5. The summed E-state index contributed by atoms with van der Waals surface area (Å²) in [5.74, 6) is 6.34. The lowest BCUT2D eigenvalue weighted by Gasteiger charge is -2.10. The van der Waals surface area contributed by atoms with Gasteiger partial charge in [0.1, 0.15) is 23.2 Å². The molecule has 0 saturated carbocycles. The number of aryl methyl sites for hydroxylation is 1. The van der Waals surface area contributed by atoms with E-state index in [4.69, 9.17) is 22.2 Å². The number of halogens is 3. The highest BCUT2D eigenvalue weighted by Gasteiger charge is 2.11. The smallest absolute Gasteiger partial charge is 0.224 e. The Balaban J connectivity index is 2.34. The standard InChI is InChI=1S/C13H13BrClFN4O/c1-2-3-11-18-12(20-17)6-13(19-11)21-10-5-9(16)8(15)4-7(10)14/h4-6H,2-3,17H2,1H3,(H,18,19,20). The van der Waals surface area contributed by atoms with Crippen molar-refractivity contribution in [2.75, 3.05) is 5.43 Å². The van der Waals surface area contributed by atoms with Gasteiger partial charge in [0.2, 0.25) is 5.88 Å². The minimum absolute atomic E-state index is 0.00731. The fourth-order valence-corrected chi connectivity index (χ4v) is 2.35. The van der Waals surface area contributed by atoms with E-state index >= 15 is 0 Å². The number of anilines is 1. The number of aromatic nitrogens is 2. The average Bonchev–Trinajstić information content (AvgIpc) is 2.45. The minimum atomic E-state index is -0.574. The number of benzene rings is 1. The van der Waals surface area contributed by atoms with Crippen LogP contribution in [0.3, 0.4) is 0 Å². The molecule has 0 radical (unpaired) electrons. The van der Waals surface area contributed by atoms with Gasteiger partial charge in [0.25, 0.3) is 0 Å². The first kappa shape index (κ1) is 15.9. The third-order valence-corrected chi connectivity index (χ3v) is 3.47. The van der Waals surface area contributed by atoms with Crippen LogP contribution in [0.5, 0.6) is 11.6 Å². The first-order valence-electron chi connectivity index (χ1n) is 6.20. The van der Waals surface area contributed by atoms with E-state index in [-0.39, 0.29) is 16.7 Å². The van der Waals surface area contributed by atoms with Gasteiger partial charge in [-0.3, -0.25) is 0 Å². The van der Waals surface area contributed by atoms with Crippen molar-refractivity contribution >= 4 is 33.3 Å². The van der Waals surface area contributed by atoms with Crippen molar-refractivity contribution in [2.24, 2.45) is 5.84 Å². The van der Waals surface area contributed by atoms with Crippen molar-refractivity contribution in [3.8, 4) is 11.6 Å². The number of hydrogen-bond donors (Lipinski definition) is 2. The summed E-state index contributed by atoms with van der Waals surface area (Å²) in [4.78, 5) is 8.46. The molecule has 1 aromatic carbocycles. The predicted molar refractivity (Wildman–Crippen MR) is 83.0 cm³/mol. The largest absolute Gasteiger partial charge is 0.438 e. The number of ether oxygens (including phenoxy) is 1. The van der Waals surface area contributed by atoms with Crippen LogP contribution in [0.15, 0.2) is 22.7 Å². The number of rotatable bonds is 5. The van der Waals surface area contributed by atoms with E-state index < -0.39 is 5.82 Å². The van der Waals surface area contributed by atoms with Crippen molar-refractivity contribution in [2.45, 2.75) is 19.8 Å². The summed E-state index contributed by atoms with van der Waals surface area (Å²) in [6.45, 7) is 2.01. The van der Waals surface area contributed by atoms with E-state index in [0.717, 1.165) is 6.42 Å². The highest BCUT2D eigenvalue weighted by atomic mass is 79.9. The molecule has 112 valence electrons. The molecule has 21 heavy (non-hydrogen) atoms. The zero-order valence-corrected chi connectivity index (χ0v) is 13.5. The van der Waals surface area contributed by atoms with Gasteiger partial charge in [-0.2, -0.15) is 4.98 Å². The summed E-state index contributed by atoms with van der Waals surface area (Å²) in [5, 5.41) is 0.00731. The van der Waals surface area contributed by atoms with Gasteiger partial charge in [-0.15, -0.1) is 0 Å². The molecule has 0 saturated heterocycles. The average molecular weight is 376 g/mol. The summed E-state index contributed by atoms with van der Waals surface area (Å²) in [7, 11) is 0. The molecule has 5 nitrogen and oxygen atoms in total. The topological polar surface area (TPSA) is 73.1 Å². The summed E-state index contributed by atoms with van der Waals surface area (Å²) in [5.41, 5.74) is 2.45. The third kappa shape index (κ3) is 4.03. The van der Waals surface area contributed by atoms with Crippen molar-refractivity contribution in [3.05, 3.63) is 39.3 Å². The molecule has 0 fully saturated rings. The Labute approximate surface area is 134 Å². The Morgan fingerprint density at radius 2 is 2.14 bits per heavy atom. The molecular formula is C13H13BrClFN4O. The molecule has 8 heteroatoms. The fraction of sp³-hybridized carbons (Fsp3) is 0.231. The van der Waals surface area contributed by atoms with Gasteiger partial charge in [0.05, 0.1) is 9.50 Å². The maximum absolute atomic E-state index is 13.5. The number of nitrogen functional groups attached to an aromatic ring is 1. The van der Waals surface area contributed by atoms with Crippen molar-refractivity contribution in [1.29, 1.82) is 0 Å². The van der Waals surface area contributed by atoms with E-state index in [1.807, 2.05) is 6.92 Å². The summed E-state index contributed by atoms with van der Waals surface area (Å²) in [6, 6.07) is 4.13. The molecule has 0 aliphatic heterocycles. The second kappa shape index (κ2) is 7.02. The molecule has 0 spiro atoms. The van der Waals surface area contributed by atoms with Crippen LogP contribution in [0.1, 0.15) is 19.2 Å². The van der Waals surface area contributed by atoms with E-state index in [1.165, 1.54) is 18.2 Å². The molecule has 3 N–H and O–H groups in total. The lowest BCUT2D eigenvalue weighted by molar-refractivity contribution is 0.451. The summed E-state index contributed by atoms with van der Waals surface area (Å²) in [6.07, 6.45) is 1.56. The maximum atomic E-state index is 13.5. The molecule has 0 amide bonds. The Kier molecular flexibility index (Phi) is 5.33. The molecule has 2 rings (SSSR count). The van der Waals surface area contributed by atoms with Crippen LogP contribution in [-0.4, -0.2) is 9.97 Å². The van der Waals surface area contributed by atoms with Crippen LogP contribution in [0.2, 0.25) is 5.02 Å². The van der Waals surface area contributed by atoms with Gasteiger partial charge in [0.15, 0.2) is 0 Å². The van der Waals surface area contributed by atoms with Gasteiger partial charge in [-0.05, 0) is 28.4 Å². The van der Waals surface area contributed by atoms with Crippen LogP contribution in [-0.2, 0) is 6.42 Å². The predicted octanol–water partition coefficient (Wildman–Crippen LogP) is 4.06. The minimum Gasteiger partial charge on any atom is -0.438 e. The number of nitrogens with two attached hydrogens (primary N) is 1. The highest BCUT2D eigenvalue weighted by Crippen LogP contribution is 2.33. The Morgan fingerprint density at radius 3 is 2.81 bits per heavy atom. The summed E-state index contributed by atoms with van der Waals surface area (Å²) < 4.78 is 19.6. The van der Waals surface area contributed by atoms with Crippen LogP contribution in [0.25, 0.3) is 0 Å². The summed E-state index contributed by atoms with van der Waals surface area (Å²) >= 11 is 8.95. The van der Waals surface area contributed by atoms with E-state index in [0.29, 0.717) is 22.5 Å². The molecule has 0 aliphatic carbocycles. The molecule has 0 unspecified atom stereocenters. The van der Waals surface area contributed by atoms with Crippen molar-refractivity contribution in [3.63, 3.8) is 0 Å². The number of hydrazine groups is 1. The van der Waals surface area contributed by atoms with Crippen LogP contribution in [0.4, 0.5) is 10.2 Å². The SMILES string of the molecule is CCCc1nc(NN)cc(Oc2cc(F)c(Cl)cc2Br)n1. The van der Waals surface area contributed by atoms with Crippen LogP contribution in [0, 0.1) is 5.82 Å². The quantitative estimate of drug-likeness (QED) is 0.468. The molecule has 0 atom stereocenters.